The SMILES string of the molecule is COCC/C(N)=N/OCCCOc1ccccc1. The molecule has 100 valence electrons. The Hall–Kier alpha value is -1.75. The van der Waals surface area contributed by atoms with Gasteiger partial charge in [-0.3, -0.25) is 0 Å². The topological polar surface area (TPSA) is 66.1 Å². The van der Waals surface area contributed by atoms with Gasteiger partial charge in [0.2, 0.25) is 0 Å². The van der Waals surface area contributed by atoms with Crippen molar-refractivity contribution in [1.82, 2.24) is 0 Å². The minimum atomic E-state index is 0.445. The van der Waals surface area contributed by atoms with Crippen LogP contribution in [0.2, 0.25) is 0 Å². The third kappa shape index (κ3) is 6.75. The van der Waals surface area contributed by atoms with Gasteiger partial charge in [0.15, 0.2) is 0 Å². The minimum absolute atomic E-state index is 0.445. The maximum Gasteiger partial charge on any atom is 0.141 e. The van der Waals surface area contributed by atoms with Crippen molar-refractivity contribution < 1.29 is 14.3 Å². The summed E-state index contributed by atoms with van der Waals surface area (Å²) in [5.41, 5.74) is 5.58. The normalized spacial score (nSPS) is 11.3. The van der Waals surface area contributed by atoms with Gasteiger partial charge in [0.25, 0.3) is 0 Å². The summed E-state index contributed by atoms with van der Waals surface area (Å²) in [7, 11) is 1.62. The molecule has 0 saturated carbocycles. The van der Waals surface area contributed by atoms with Crippen LogP contribution in [0.4, 0.5) is 0 Å². The van der Waals surface area contributed by atoms with Gasteiger partial charge < -0.3 is 20.0 Å². The van der Waals surface area contributed by atoms with Crippen molar-refractivity contribution in [3.05, 3.63) is 30.3 Å². The zero-order valence-corrected chi connectivity index (χ0v) is 10.7. The summed E-state index contributed by atoms with van der Waals surface area (Å²) in [5, 5.41) is 3.77. The predicted octanol–water partition coefficient (Wildman–Crippen LogP) is 1.78. The predicted molar refractivity (Wildman–Crippen MR) is 70.6 cm³/mol. The summed E-state index contributed by atoms with van der Waals surface area (Å²) in [5.74, 6) is 1.31. The van der Waals surface area contributed by atoms with E-state index in [9.17, 15) is 0 Å². The molecule has 18 heavy (non-hydrogen) atoms. The molecule has 0 aliphatic heterocycles. The van der Waals surface area contributed by atoms with Gasteiger partial charge in [-0.15, -0.1) is 0 Å². The van der Waals surface area contributed by atoms with Crippen LogP contribution in [0.15, 0.2) is 35.5 Å². The molecule has 1 aromatic carbocycles. The molecule has 1 rings (SSSR count). The van der Waals surface area contributed by atoms with E-state index in [0.717, 1.165) is 12.2 Å². The number of para-hydroxylation sites is 1. The first-order valence-corrected chi connectivity index (χ1v) is 5.94. The Balaban J connectivity index is 2.02. The fourth-order valence-corrected chi connectivity index (χ4v) is 1.21. The number of hydrogen-bond acceptors (Lipinski definition) is 4. The highest BCUT2D eigenvalue weighted by molar-refractivity contribution is 5.79. The van der Waals surface area contributed by atoms with Crippen molar-refractivity contribution in [3.63, 3.8) is 0 Å². The zero-order chi connectivity index (χ0) is 13.1. The highest BCUT2D eigenvalue weighted by Gasteiger charge is 1.94. The van der Waals surface area contributed by atoms with Crippen molar-refractivity contribution in [2.75, 3.05) is 26.9 Å². The van der Waals surface area contributed by atoms with Crippen molar-refractivity contribution in [2.45, 2.75) is 12.8 Å². The first kappa shape index (κ1) is 14.3. The minimum Gasteiger partial charge on any atom is -0.493 e. The molecule has 5 nitrogen and oxygen atoms in total. The molecule has 0 aliphatic rings. The van der Waals surface area contributed by atoms with Crippen LogP contribution in [0.25, 0.3) is 0 Å². The van der Waals surface area contributed by atoms with Gasteiger partial charge in [-0.25, -0.2) is 0 Å². The molecule has 0 aromatic heterocycles. The Kier molecular flexibility index (Phi) is 7.39. The highest BCUT2D eigenvalue weighted by atomic mass is 16.6. The molecule has 0 amide bonds. The van der Waals surface area contributed by atoms with Gasteiger partial charge in [0.1, 0.15) is 18.2 Å². The van der Waals surface area contributed by atoms with Crippen LogP contribution in [0.1, 0.15) is 12.8 Å². The monoisotopic (exact) mass is 252 g/mol. The largest absolute Gasteiger partial charge is 0.493 e. The van der Waals surface area contributed by atoms with Gasteiger partial charge in [-0.2, -0.15) is 0 Å². The lowest BCUT2D eigenvalue weighted by Crippen LogP contribution is -2.15. The number of amidine groups is 1. The van der Waals surface area contributed by atoms with Gasteiger partial charge in [-0.1, -0.05) is 23.4 Å². The van der Waals surface area contributed by atoms with E-state index in [2.05, 4.69) is 5.16 Å². The molecule has 0 radical (unpaired) electrons. The lowest BCUT2D eigenvalue weighted by Gasteiger charge is -2.05. The molecular formula is C13H20N2O3. The molecule has 0 saturated heterocycles. The van der Waals surface area contributed by atoms with Crippen LogP contribution < -0.4 is 10.5 Å². The second-order valence-electron chi connectivity index (χ2n) is 3.67. The lowest BCUT2D eigenvalue weighted by atomic mass is 10.3. The summed E-state index contributed by atoms with van der Waals surface area (Å²) in [6.45, 7) is 1.63. The van der Waals surface area contributed by atoms with E-state index in [0.29, 0.717) is 32.1 Å². The van der Waals surface area contributed by atoms with E-state index in [1.54, 1.807) is 7.11 Å². The lowest BCUT2D eigenvalue weighted by molar-refractivity contribution is 0.125. The molecule has 5 heteroatoms. The van der Waals surface area contributed by atoms with Crippen LogP contribution in [0.3, 0.4) is 0 Å². The van der Waals surface area contributed by atoms with Crippen LogP contribution in [-0.2, 0) is 9.57 Å². The fraction of sp³-hybridized carbons (Fsp3) is 0.462. The quantitative estimate of drug-likeness (QED) is 0.315. The van der Waals surface area contributed by atoms with E-state index in [1.165, 1.54) is 0 Å². The second-order valence-corrected chi connectivity index (χ2v) is 3.67. The van der Waals surface area contributed by atoms with E-state index in [1.807, 2.05) is 30.3 Å². The Bertz CT molecular complexity index is 341. The molecule has 0 aliphatic carbocycles. The summed E-state index contributed by atoms with van der Waals surface area (Å²) < 4.78 is 10.4. The van der Waals surface area contributed by atoms with E-state index < -0.39 is 0 Å². The van der Waals surface area contributed by atoms with Crippen LogP contribution in [-0.4, -0.2) is 32.8 Å². The molecule has 0 unspecified atom stereocenters. The fourth-order valence-electron chi connectivity index (χ4n) is 1.21. The zero-order valence-electron chi connectivity index (χ0n) is 10.7. The molecule has 2 N–H and O–H groups in total. The average molecular weight is 252 g/mol. The van der Waals surface area contributed by atoms with E-state index in [-0.39, 0.29) is 0 Å². The molecule has 0 bridgehead atoms. The number of rotatable bonds is 9. The summed E-state index contributed by atoms with van der Waals surface area (Å²) in [6, 6.07) is 9.66. The standard InChI is InChI=1S/C13H20N2O3/c1-16-11-8-13(14)15-18-10-5-9-17-12-6-3-2-4-7-12/h2-4,6-7H,5,8-11H2,1H3,(H2,14,15). The number of methoxy groups -OCH3 is 1. The Morgan fingerprint density at radius 2 is 1.94 bits per heavy atom. The van der Waals surface area contributed by atoms with Gasteiger partial charge in [0.05, 0.1) is 13.2 Å². The van der Waals surface area contributed by atoms with Crippen LogP contribution in [0, 0.1) is 0 Å². The van der Waals surface area contributed by atoms with Gasteiger partial charge >= 0.3 is 0 Å². The van der Waals surface area contributed by atoms with Crippen molar-refractivity contribution in [3.8, 4) is 5.75 Å². The maximum absolute atomic E-state index is 5.58. The van der Waals surface area contributed by atoms with Crippen molar-refractivity contribution in [1.29, 1.82) is 0 Å². The molecular weight excluding hydrogens is 232 g/mol. The third-order valence-electron chi connectivity index (χ3n) is 2.14. The summed E-state index contributed by atoms with van der Waals surface area (Å²) in [4.78, 5) is 5.06. The average Bonchev–Trinajstić information content (AvgIpc) is 2.41. The van der Waals surface area contributed by atoms with Gasteiger partial charge in [-0.05, 0) is 12.1 Å². The Labute approximate surface area is 108 Å². The first-order valence-electron chi connectivity index (χ1n) is 5.94. The Morgan fingerprint density at radius 1 is 1.17 bits per heavy atom. The maximum atomic E-state index is 5.58. The molecule has 0 heterocycles. The van der Waals surface area contributed by atoms with Crippen molar-refractivity contribution in [2.24, 2.45) is 10.9 Å². The summed E-state index contributed by atoms with van der Waals surface area (Å²) in [6.07, 6.45) is 1.34. The van der Waals surface area contributed by atoms with Crippen LogP contribution >= 0.6 is 0 Å². The first-order chi connectivity index (χ1) is 8.83. The van der Waals surface area contributed by atoms with Crippen molar-refractivity contribution >= 4 is 5.84 Å². The smallest absolute Gasteiger partial charge is 0.141 e. The number of hydrogen-bond donors (Lipinski definition) is 1. The molecule has 0 spiro atoms. The Morgan fingerprint density at radius 3 is 2.67 bits per heavy atom. The number of ether oxygens (including phenoxy) is 2. The van der Waals surface area contributed by atoms with Gasteiger partial charge in [0, 0.05) is 20.0 Å². The molecule has 1 aromatic rings. The number of benzene rings is 1. The number of nitrogens with two attached hydrogens (primary N) is 1. The third-order valence-corrected chi connectivity index (χ3v) is 2.14. The second kappa shape index (κ2) is 9.30. The molecule has 0 fully saturated rings. The summed E-state index contributed by atoms with van der Waals surface area (Å²) >= 11 is 0. The number of oxime groups is 1. The van der Waals surface area contributed by atoms with E-state index in [4.69, 9.17) is 20.0 Å². The molecule has 0 atom stereocenters. The van der Waals surface area contributed by atoms with E-state index >= 15 is 0 Å². The highest BCUT2D eigenvalue weighted by Crippen LogP contribution is 2.08. The van der Waals surface area contributed by atoms with Crippen LogP contribution in [0.5, 0.6) is 5.75 Å². The number of nitrogens with zero attached hydrogens (tertiary/aromatic N) is 1.